The van der Waals surface area contributed by atoms with Gasteiger partial charge in [-0.05, 0) is 56.0 Å². The number of aryl methyl sites for hydroxylation is 1. The number of hydrogen-bond donors (Lipinski definition) is 0. The molecule has 2 aromatic carbocycles. The molecule has 0 radical (unpaired) electrons. The summed E-state index contributed by atoms with van der Waals surface area (Å²) >= 11 is 3.47. The van der Waals surface area contributed by atoms with Crippen molar-refractivity contribution in [2.45, 2.75) is 26.2 Å². The summed E-state index contributed by atoms with van der Waals surface area (Å²) in [6.45, 7) is 2.59. The molecule has 0 fully saturated rings. The Balaban J connectivity index is 2.14. The van der Waals surface area contributed by atoms with Crippen LogP contribution in [0.1, 0.15) is 35.7 Å². The van der Waals surface area contributed by atoms with Gasteiger partial charge in [0.05, 0.1) is 5.69 Å². The number of fused-ring (bicyclic) bond motifs is 1. The van der Waals surface area contributed by atoms with Gasteiger partial charge in [-0.25, -0.2) is 0 Å². The molecule has 1 heterocycles. The molecule has 3 rings (SSSR count). The number of rotatable bonds is 2. The summed E-state index contributed by atoms with van der Waals surface area (Å²) in [7, 11) is 0. The van der Waals surface area contributed by atoms with E-state index in [1.54, 1.807) is 6.92 Å². The molecule has 3 heteroatoms. The molecule has 0 spiro atoms. The van der Waals surface area contributed by atoms with Crippen molar-refractivity contribution >= 4 is 33.1 Å². The fourth-order valence-corrected chi connectivity index (χ4v) is 3.33. The van der Waals surface area contributed by atoms with E-state index in [9.17, 15) is 4.79 Å². The van der Waals surface area contributed by atoms with Crippen LogP contribution in [-0.4, -0.2) is 12.3 Å². The van der Waals surface area contributed by atoms with Crippen molar-refractivity contribution < 1.29 is 4.79 Å². The Hall–Kier alpha value is -1.61. The number of Topliss-reactive ketones (excluding diaryl/α,β-unsaturated/α-hetero) is 1. The van der Waals surface area contributed by atoms with E-state index in [0.717, 1.165) is 35.1 Å². The molecule has 0 N–H and O–H groups in total. The summed E-state index contributed by atoms with van der Waals surface area (Å²) in [4.78, 5) is 14.3. The summed E-state index contributed by atoms with van der Waals surface area (Å²) in [6.07, 6.45) is 3.44. The van der Waals surface area contributed by atoms with Gasteiger partial charge in [0.15, 0.2) is 5.78 Å². The van der Waals surface area contributed by atoms with Gasteiger partial charge in [0.25, 0.3) is 0 Å². The van der Waals surface area contributed by atoms with Crippen LogP contribution in [-0.2, 0) is 6.42 Å². The molecule has 1 aliphatic heterocycles. The van der Waals surface area contributed by atoms with Crippen LogP contribution >= 0.6 is 15.9 Å². The highest BCUT2D eigenvalue weighted by atomic mass is 79.9. The third-order valence-corrected chi connectivity index (χ3v) is 4.48. The molecule has 0 saturated heterocycles. The highest BCUT2D eigenvalue weighted by molar-refractivity contribution is 9.10. The summed E-state index contributed by atoms with van der Waals surface area (Å²) in [5.74, 6) is 0.105. The topological polar surface area (TPSA) is 20.3 Å². The molecule has 0 unspecified atom stereocenters. The van der Waals surface area contributed by atoms with E-state index in [1.165, 1.54) is 17.7 Å². The molecular weight excluding hydrogens is 326 g/mol. The second kappa shape index (κ2) is 6.02. The summed E-state index contributed by atoms with van der Waals surface area (Å²) in [5.41, 5.74) is 4.40. The minimum Gasteiger partial charge on any atom is -0.341 e. The number of para-hydroxylation sites is 1. The Kier molecular flexibility index (Phi) is 4.11. The average Bonchev–Trinajstić information content (AvgIpc) is 2.69. The van der Waals surface area contributed by atoms with Gasteiger partial charge in [-0.3, -0.25) is 4.79 Å². The van der Waals surface area contributed by atoms with Gasteiger partial charge in [-0.1, -0.05) is 34.1 Å². The second-order valence-electron chi connectivity index (χ2n) is 5.46. The van der Waals surface area contributed by atoms with Gasteiger partial charge in [0.2, 0.25) is 0 Å². The minimum atomic E-state index is 0.105. The number of carbonyl (C=O) groups excluding carboxylic acids is 1. The molecule has 0 amide bonds. The SMILES string of the molecule is CC(=O)c1cc(Br)ccc1N1CCCCc2ccccc21. The first-order valence-electron chi connectivity index (χ1n) is 7.33. The van der Waals surface area contributed by atoms with Crippen molar-refractivity contribution in [3.8, 4) is 0 Å². The Morgan fingerprint density at radius 2 is 1.90 bits per heavy atom. The third kappa shape index (κ3) is 2.88. The van der Waals surface area contributed by atoms with Crippen molar-refractivity contribution in [2.75, 3.05) is 11.4 Å². The van der Waals surface area contributed by atoms with E-state index >= 15 is 0 Å². The van der Waals surface area contributed by atoms with Crippen molar-refractivity contribution in [1.29, 1.82) is 0 Å². The number of nitrogens with zero attached hydrogens (tertiary/aromatic N) is 1. The molecule has 0 atom stereocenters. The maximum Gasteiger partial charge on any atom is 0.161 e. The first-order chi connectivity index (χ1) is 10.2. The summed E-state index contributed by atoms with van der Waals surface area (Å²) in [6, 6.07) is 14.5. The number of benzene rings is 2. The van der Waals surface area contributed by atoms with Gasteiger partial charge in [0, 0.05) is 22.3 Å². The fraction of sp³-hybridized carbons (Fsp3) is 0.278. The number of carbonyl (C=O) groups is 1. The zero-order valence-corrected chi connectivity index (χ0v) is 13.7. The molecule has 1 aliphatic rings. The number of hydrogen-bond acceptors (Lipinski definition) is 2. The normalized spacial score (nSPS) is 14.5. The van der Waals surface area contributed by atoms with E-state index in [2.05, 4.69) is 45.1 Å². The second-order valence-corrected chi connectivity index (χ2v) is 6.37. The van der Waals surface area contributed by atoms with Crippen molar-refractivity contribution in [3.63, 3.8) is 0 Å². The van der Waals surface area contributed by atoms with Crippen LogP contribution < -0.4 is 4.90 Å². The van der Waals surface area contributed by atoms with E-state index in [-0.39, 0.29) is 5.78 Å². The summed E-state index contributed by atoms with van der Waals surface area (Å²) in [5, 5.41) is 0. The highest BCUT2D eigenvalue weighted by Gasteiger charge is 2.20. The van der Waals surface area contributed by atoms with Crippen LogP contribution in [0.15, 0.2) is 46.9 Å². The third-order valence-electron chi connectivity index (χ3n) is 3.99. The lowest BCUT2D eigenvalue weighted by Gasteiger charge is -2.27. The summed E-state index contributed by atoms with van der Waals surface area (Å²) < 4.78 is 0.944. The monoisotopic (exact) mass is 343 g/mol. The Bertz CT molecular complexity index is 681. The van der Waals surface area contributed by atoms with Crippen molar-refractivity contribution in [3.05, 3.63) is 58.1 Å². The van der Waals surface area contributed by atoms with Crippen LogP contribution in [0, 0.1) is 0 Å². The van der Waals surface area contributed by atoms with Crippen LogP contribution in [0.25, 0.3) is 0 Å². The lowest BCUT2D eigenvalue weighted by atomic mass is 10.1. The molecule has 0 aliphatic carbocycles. The molecular formula is C18H18BrNO. The Labute approximate surface area is 133 Å². The largest absolute Gasteiger partial charge is 0.341 e. The number of anilines is 2. The predicted octanol–water partition coefficient (Wildman–Crippen LogP) is 5.13. The quantitative estimate of drug-likeness (QED) is 0.704. The maximum absolute atomic E-state index is 12.0. The average molecular weight is 344 g/mol. The van der Waals surface area contributed by atoms with Crippen LogP contribution in [0.2, 0.25) is 0 Å². The Morgan fingerprint density at radius 1 is 1.10 bits per heavy atom. The lowest BCUT2D eigenvalue weighted by molar-refractivity contribution is 0.101. The van der Waals surface area contributed by atoms with Gasteiger partial charge in [0.1, 0.15) is 0 Å². The smallest absolute Gasteiger partial charge is 0.161 e. The van der Waals surface area contributed by atoms with Gasteiger partial charge >= 0.3 is 0 Å². The zero-order valence-electron chi connectivity index (χ0n) is 12.1. The molecule has 2 nitrogen and oxygen atoms in total. The fourth-order valence-electron chi connectivity index (χ4n) is 2.97. The van der Waals surface area contributed by atoms with Crippen LogP contribution in [0.3, 0.4) is 0 Å². The Morgan fingerprint density at radius 3 is 2.71 bits per heavy atom. The predicted molar refractivity (Wildman–Crippen MR) is 90.5 cm³/mol. The molecule has 0 aromatic heterocycles. The van der Waals surface area contributed by atoms with Gasteiger partial charge in [-0.15, -0.1) is 0 Å². The first-order valence-corrected chi connectivity index (χ1v) is 8.12. The molecule has 0 saturated carbocycles. The van der Waals surface area contributed by atoms with Crippen molar-refractivity contribution in [1.82, 2.24) is 0 Å². The molecule has 21 heavy (non-hydrogen) atoms. The first kappa shape index (κ1) is 14.3. The van der Waals surface area contributed by atoms with E-state index in [1.807, 2.05) is 18.2 Å². The van der Waals surface area contributed by atoms with Crippen LogP contribution in [0.5, 0.6) is 0 Å². The lowest BCUT2D eigenvalue weighted by Crippen LogP contribution is -2.20. The number of ketones is 1. The van der Waals surface area contributed by atoms with Gasteiger partial charge < -0.3 is 4.90 Å². The van der Waals surface area contributed by atoms with E-state index in [0.29, 0.717) is 0 Å². The van der Waals surface area contributed by atoms with Crippen LogP contribution in [0.4, 0.5) is 11.4 Å². The van der Waals surface area contributed by atoms with Crippen molar-refractivity contribution in [2.24, 2.45) is 0 Å². The zero-order chi connectivity index (χ0) is 14.8. The van der Waals surface area contributed by atoms with Gasteiger partial charge in [-0.2, -0.15) is 0 Å². The molecule has 2 aromatic rings. The molecule has 0 bridgehead atoms. The van der Waals surface area contributed by atoms with E-state index < -0.39 is 0 Å². The number of halogens is 1. The minimum absolute atomic E-state index is 0.105. The maximum atomic E-state index is 12.0. The highest BCUT2D eigenvalue weighted by Crippen LogP contribution is 2.35. The standard InChI is InChI=1S/C18H18BrNO/c1-13(21)16-12-15(19)9-10-18(16)20-11-5-4-7-14-6-2-3-8-17(14)20/h2-3,6,8-10,12H,4-5,7,11H2,1H3. The van der Waals surface area contributed by atoms with E-state index in [4.69, 9.17) is 0 Å². The molecule has 108 valence electrons.